The second kappa shape index (κ2) is 7.63. The van der Waals surface area contributed by atoms with E-state index in [0.29, 0.717) is 24.7 Å². The third-order valence-electron chi connectivity index (χ3n) is 5.47. The van der Waals surface area contributed by atoms with Crippen molar-refractivity contribution in [3.63, 3.8) is 0 Å². The zero-order valence-corrected chi connectivity index (χ0v) is 16.3. The maximum atomic E-state index is 12.2. The van der Waals surface area contributed by atoms with Gasteiger partial charge in [-0.05, 0) is 37.1 Å². The number of hydrogen-bond donors (Lipinski definition) is 2. The Balaban J connectivity index is 1.50. The molecule has 2 N–H and O–H groups in total. The van der Waals surface area contributed by atoms with Gasteiger partial charge in [-0.1, -0.05) is 0 Å². The molecule has 1 aromatic heterocycles. The standard InChI is InChI=1S/C20H26N6O2/c1-24-10-9-18(28)25(2)19-17(24)13-21-20(23-19)22-14-3-5-15(6-4-14)26-11-7-16(27)8-12-26/h3-6,13,16,27H,7-12H2,1-2H3,(H,21,22,23). The van der Waals surface area contributed by atoms with Crippen molar-refractivity contribution in [2.24, 2.45) is 0 Å². The highest BCUT2D eigenvalue weighted by Gasteiger charge is 2.24. The molecule has 1 aromatic carbocycles. The second-order valence-electron chi connectivity index (χ2n) is 7.42. The molecule has 4 rings (SSSR count). The van der Waals surface area contributed by atoms with Gasteiger partial charge in [-0.25, -0.2) is 4.98 Å². The van der Waals surface area contributed by atoms with Crippen molar-refractivity contribution in [2.45, 2.75) is 25.4 Å². The molecule has 2 aliphatic rings. The first-order valence-electron chi connectivity index (χ1n) is 9.66. The smallest absolute Gasteiger partial charge is 0.229 e. The largest absolute Gasteiger partial charge is 0.393 e. The van der Waals surface area contributed by atoms with Gasteiger partial charge in [-0.2, -0.15) is 4.98 Å². The summed E-state index contributed by atoms with van der Waals surface area (Å²) in [6.45, 7) is 2.40. The number of carbonyl (C=O) groups excluding carboxylic acids is 1. The lowest BCUT2D eigenvalue weighted by Gasteiger charge is -2.31. The zero-order chi connectivity index (χ0) is 19.7. The summed E-state index contributed by atoms with van der Waals surface area (Å²) >= 11 is 0. The topological polar surface area (TPSA) is 84.8 Å². The summed E-state index contributed by atoms with van der Waals surface area (Å²) in [5, 5.41) is 12.9. The molecular weight excluding hydrogens is 356 g/mol. The minimum Gasteiger partial charge on any atom is -0.393 e. The molecule has 1 fully saturated rings. The molecule has 0 saturated carbocycles. The van der Waals surface area contributed by atoms with Gasteiger partial charge in [-0.3, -0.25) is 9.69 Å². The number of carbonyl (C=O) groups is 1. The van der Waals surface area contributed by atoms with E-state index < -0.39 is 0 Å². The Morgan fingerprint density at radius 1 is 1.11 bits per heavy atom. The van der Waals surface area contributed by atoms with Gasteiger partial charge in [0.25, 0.3) is 0 Å². The third-order valence-corrected chi connectivity index (χ3v) is 5.47. The SMILES string of the molecule is CN1CCC(=O)N(C)c2nc(Nc3ccc(N4CCC(O)CC4)cc3)ncc21. The van der Waals surface area contributed by atoms with Crippen molar-refractivity contribution in [3.8, 4) is 0 Å². The van der Waals surface area contributed by atoms with Gasteiger partial charge in [0.05, 0.1) is 18.0 Å². The van der Waals surface area contributed by atoms with E-state index in [4.69, 9.17) is 0 Å². The van der Waals surface area contributed by atoms with Crippen LogP contribution < -0.4 is 20.0 Å². The fourth-order valence-electron chi connectivity index (χ4n) is 3.62. The van der Waals surface area contributed by atoms with E-state index in [1.54, 1.807) is 18.1 Å². The minimum absolute atomic E-state index is 0.0475. The molecule has 0 atom stereocenters. The minimum atomic E-state index is -0.174. The molecule has 1 amide bonds. The number of fused-ring (bicyclic) bond motifs is 1. The molecule has 0 aliphatic carbocycles. The number of piperidine rings is 1. The number of anilines is 5. The van der Waals surface area contributed by atoms with Gasteiger partial charge in [-0.15, -0.1) is 0 Å². The summed E-state index contributed by atoms with van der Waals surface area (Å²) in [6.07, 6.45) is 3.66. The average Bonchev–Trinajstić information content (AvgIpc) is 2.81. The molecule has 0 bridgehead atoms. The number of hydrogen-bond acceptors (Lipinski definition) is 7. The first-order chi connectivity index (χ1) is 13.5. The van der Waals surface area contributed by atoms with Crippen LogP contribution in [0, 0.1) is 0 Å². The molecule has 0 unspecified atom stereocenters. The van der Waals surface area contributed by atoms with Crippen molar-refractivity contribution in [3.05, 3.63) is 30.5 Å². The van der Waals surface area contributed by atoms with E-state index in [9.17, 15) is 9.90 Å². The molecule has 3 heterocycles. The summed E-state index contributed by atoms with van der Waals surface area (Å²) in [7, 11) is 3.70. The lowest BCUT2D eigenvalue weighted by atomic mass is 10.1. The number of rotatable bonds is 3. The van der Waals surface area contributed by atoms with E-state index in [1.807, 2.05) is 24.1 Å². The summed E-state index contributed by atoms with van der Waals surface area (Å²) in [5.74, 6) is 1.12. The quantitative estimate of drug-likeness (QED) is 0.840. The first kappa shape index (κ1) is 18.5. The van der Waals surface area contributed by atoms with Crippen LogP contribution in [0.15, 0.2) is 30.5 Å². The monoisotopic (exact) mass is 382 g/mol. The number of benzene rings is 1. The van der Waals surface area contributed by atoms with Gasteiger partial charge < -0.3 is 20.2 Å². The van der Waals surface area contributed by atoms with Gasteiger partial charge in [0, 0.05) is 51.5 Å². The van der Waals surface area contributed by atoms with Gasteiger partial charge >= 0.3 is 0 Å². The Hall–Kier alpha value is -2.87. The highest BCUT2D eigenvalue weighted by atomic mass is 16.3. The van der Waals surface area contributed by atoms with Crippen molar-refractivity contribution in [1.82, 2.24) is 9.97 Å². The molecule has 28 heavy (non-hydrogen) atoms. The highest BCUT2D eigenvalue weighted by Crippen LogP contribution is 2.30. The summed E-state index contributed by atoms with van der Waals surface area (Å²) in [5.41, 5.74) is 2.88. The van der Waals surface area contributed by atoms with Crippen LogP contribution >= 0.6 is 0 Å². The summed E-state index contributed by atoms with van der Waals surface area (Å²) in [6, 6.07) is 8.12. The van der Waals surface area contributed by atoms with Gasteiger partial charge in [0.2, 0.25) is 11.9 Å². The van der Waals surface area contributed by atoms with E-state index in [-0.39, 0.29) is 12.0 Å². The molecule has 2 aromatic rings. The fourth-order valence-corrected chi connectivity index (χ4v) is 3.62. The van der Waals surface area contributed by atoms with Crippen LogP contribution in [0.4, 0.5) is 28.8 Å². The van der Waals surface area contributed by atoms with Crippen LogP contribution in [-0.2, 0) is 4.79 Å². The zero-order valence-electron chi connectivity index (χ0n) is 16.3. The molecule has 8 nitrogen and oxygen atoms in total. The number of nitrogens with zero attached hydrogens (tertiary/aromatic N) is 5. The van der Waals surface area contributed by atoms with Crippen LogP contribution in [-0.4, -0.2) is 60.8 Å². The lowest BCUT2D eigenvalue weighted by Crippen LogP contribution is -2.35. The van der Waals surface area contributed by atoms with E-state index in [0.717, 1.165) is 43.0 Å². The Morgan fingerprint density at radius 3 is 2.54 bits per heavy atom. The Labute approximate surface area is 164 Å². The van der Waals surface area contributed by atoms with Gasteiger partial charge in [0.15, 0.2) is 5.82 Å². The summed E-state index contributed by atoms with van der Waals surface area (Å²) < 4.78 is 0. The Morgan fingerprint density at radius 2 is 1.82 bits per heavy atom. The number of nitrogens with one attached hydrogen (secondary N) is 1. The van der Waals surface area contributed by atoms with E-state index in [2.05, 4.69) is 32.3 Å². The van der Waals surface area contributed by atoms with Crippen LogP contribution in [0.1, 0.15) is 19.3 Å². The highest BCUT2D eigenvalue weighted by molar-refractivity contribution is 5.96. The molecule has 2 aliphatic heterocycles. The predicted molar refractivity (Wildman–Crippen MR) is 111 cm³/mol. The number of amides is 1. The van der Waals surface area contributed by atoms with Gasteiger partial charge in [0.1, 0.15) is 0 Å². The molecule has 0 spiro atoms. The maximum Gasteiger partial charge on any atom is 0.229 e. The number of aliphatic hydroxyl groups is 1. The number of aliphatic hydroxyl groups excluding tert-OH is 1. The van der Waals surface area contributed by atoms with Crippen molar-refractivity contribution in [2.75, 3.05) is 53.7 Å². The predicted octanol–water partition coefficient (Wildman–Crippen LogP) is 1.98. The summed E-state index contributed by atoms with van der Waals surface area (Å²) in [4.78, 5) is 27.1. The van der Waals surface area contributed by atoms with Crippen molar-refractivity contribution in [1.29, 1.82) is 0 Å². The van der Waals surface area contributed by atoms with Crippen molar-refractivity contribution < 1.29 is 9.90 Å². The van der Waals surface area contributed by atoms with Crippen LogP contribution in [0.25, 0.3) is 0 Å². The normalized spacial score (nSPS) is 18.1. The average molecular weight is 382 g/mol. The lowest BCUT2D eigenvalue weighted by molar-refractivity contribution is -0.118. The molecule has 0 radical (unpaired) electrons. The first-order valence-corrected chi connectivity index (χ1v) is 9.66. The molecular formula is C20H26N6O2. The molecule has 8 heteroatoms. The fraction of sp³-hybridized carbons (Fsp3) is 0.450. The van der Waals surface area contributed by atoms with Crippen LogP contribution in [0.5, 0.6) is 0 Å². The Bertz CT molecular complexity index is 848. The maximum absolute atomic E-state index is 12.2. The number of aromatic nitrogens is 2. The third kappa shape index (κ3) is 3.73. The van der Waals surface area contributed by atoms with Crippen LogP contribution in [0.3, 0.4) is 0 Å². The molecule has 148 valence electrons. The second-order valence-corrected chi connectivity index (χ2v) is 7.42. The van der Waals surface area contributed by atoms with E-state index >= 15 is 0 Å². The van der Waals surface area contributed by atoms with Crippen LogP contribution in [0.2, 0.25) is 0 Å². The van der Waals surface area contributed by atoms with E-state index in [1.165, 1.54) is 0 Å². The molecule has 1 saturated heterocycles. The Kier molecular flexibility index (Phi) is 5.04. The van der Waals surface area contributed by atoms with Crippen molar-refractivity contribution >= 4 is 34.7 Å².